The predicted molar refractivity (Wildman–Crippen MR) is 102 cm³/mol. The fraction of sp³-hybridized carbons (Fsp3) is 0.333. The van der Waals surface area contributed by atoms with Crippen LogP contribution in [-0.2, 0) is 31.9 Å². The molecule has 0 bridgehead atoms. The maximum atomic E-state index is 11.8. The summed E-state index contributed by atoms with van der Waals surface area (Å²) in [7, 11) is 0. The number of halogens is 1. The van der Waals surface area contributed by atoms with Crippen molar-refractivity contribution in [2.45, 2.75) is 31.7 Å². The molecule has 3 rings (SSSR count). The van der Waals surface area contributed by atoms with Gasteiger partial charge in [0.2, 0.25) is 0 Å². The molecular weight excluding hydrogens is 384 g/mol. The van der Waals surface area contributed by atoms with E-state index in [9.17, 15) is 14.7 Å². The largest absolute Gasteiger partial charge is 0.481 e. The molecule has 7 heteroatoms. The molecule has 1 saturated heterocycles. The van der Waals surface area contributed by atoms with Crippen LogP contribution in [0.1, 0.15) is 29.4 Å². The average molecular weight is 405 g/mol. The first-order valence-corrected chi connectivity index (χ1v) is 9.36. The van der Waals surface area contributed by atoms with Crippen LogP contribution in [0.5, 0.6) is 0 Å². The minimum atomic E-state index is -1.06. The van der Waals surface area contributed by atoms with Crippen molar-refractivity contribution in [1.29, 1.82) is 0 Å². The highest BCUT2D eigenvalue weighted by molar-refractivity contribution is 6.31. The maximum Gasteiger partial charge on any atom is 0.333 e. The Bertz CT molecular complexity index is 852. The van der Waals surface area contributed by atoms with E-state index in [1.54, 1.807) is 24.3 Å². The van der Waals surface area contributed by atoms with Crippen molar-refractivity contribution < 1.29 is 29.3 Å². The van der Waals surface area contributed by atoms with Gasteiger partial charge < -0.3 is 19.7 Å². The third-order valence-electron chi connectivity index (χ3n) is 4.77. The summed E-state index contributed by atoms with van der Waals surface area (Å²) in [5.74, 6) is -2.33. The monoisotopic (exact) mass is 404 g/mol. The first kappa shape index (κ1) is 20.3. The van der Waals surface area contributed by atoms with E-state index in [0.29, 0.717) is 23.4 Å². The molecule has 0 spiro atoms. The molecule has 2 aromatic rings. The fourth-order valence-corrected chi connectivity index (χ4v) is 3.59. The van der Waals surface area contributed by atoms with Gasteiger partial charge in [-0.1, -0.05) is 54.1 Å². The number of benzene rings is 2. The van der Waals surface area contributed by atoms with Crippen molar-refractivity contribution in [3.05, 3.63) is 70.2 Å². The molecule has 0 unspecified atom stereocenters. The summed E-state index contributed by atoms with van der Waals surface area (Å²) in [6.07, 6.45) is -1.07. The number of carboxylic acid groups (broad SMARTS) is 2. The number of ether oxygens (including phenoxy) is 2. The van der Waals surface area contributed by atoms with Gasteiger partial charge in [0.05, 0.1) is 6.61 Å². The highest BCUT2D eigenvalue weighted by Crippen LogP contribution is 2.34. The van der Waals surface area contributed by atoms with E-state index in [0.717, 1.165) is 11.1 Å². The molecule has 0 aromatic heterocycles. The predicted octanol–water partition coefficient (Wildman–Crippen LogP) is 3.71. The Morgan fingerprint density at radius 1 is 1.04 bits per heavy atom. The minimum absolute atomic E-state index is 0.0195. The smallest absolute Gasteiger partial charge is 0.333 e. The summed E-state index contributed by atoms with van der Waals surface area (Å²) < 4.78 is 11.5. The van der Waals surface area contributed by atoms with Crippen molar-refractivity contribution in [3.63, 3.8) is 0 Å². The highest BCUT2D eigenvalue weighted by Gasteiger charge is 2.38. The summed E-state index contributed by atoms with van der Waals surface area (Å²) in [6.45, 7) is 0.195. The minimum Gasteiger partial charge on any atom is -0.481 e. The Kier molecular flexibility index (Phi) is 6.67. The Balaban J connectivity index is 1.76. The van der Waals surface area contributed by atoms with E-state index in [1.807, 2.05) is 24.3 Å². The van der Waals surface area contributed by atoms with E-state index >= 15 is 0 Å². The van der Waals surface area contributed by atoms with E-state index in [-0.39, 0.29) is 13.0 Å². The second kappa shape index (κ2) is 9.19. The standard InChI is InChI=1S/C21H21ClO6/c22-17-8-4-3-7-16(17)21-27-12-15(19(28-21)20(25)26)11-14-6-2-1-5-13(14)9-10-18(23)24/h1-8,15,19,21H,9-12H2,(H,23,24)(H,25,26)/t15-,19+,21+/m0/s1. The van der Waals surface area contributed by atoms with E-state index in [2.05, 4.69) is 0 Å². The summed E-state index contributed by atoms with van der Waals surface area (Å²) in [5.41, 5.74) is 2.39. The van der Waals surface area contributed by atoms with Gasteiger partial charge in [0.25, 0.3) is 0 Å². The molecule has 1 heterocycles. The zero-order chi connectivity index (χ0) is 20.1. The van der Waals surface area contributed by atoms with Crippen molar-refractivity contribution >= 4 is 23.5 Å². The van der Waals surface area contributed by atoms with Gasteiger partial charge in [0.15, 0.2) is 12.4 Å². The number of aryl methyl sites for hydroxylation is 1. The van der Waals surface area contributed by atoms with E-state index in [4.69, 9.17) is 26.2 Å². The van der Waals surface area contributed by atoms with Crippen LogP contribution in [0.15, 0.2) is 48.5 Å². The molecule has 148 valence electrons. The van der Waals surface area contributed by atoms with Gasteiger partial charge in [-0.2, -0.15) is 0 Å². The van der Waals surface area contributed by atoms with Gasteiger partial charge in [-0.05, 0) is 30.0 Å². The molecule has 0 amide bonds. The van der Waals surface area contributed by atoms with Crippen LogP contribution < -0.4 is 0 Å². The molecule has 6 nitrogen and oxygen atoms in total. The third-order valence-corrected chi connectivity index (χ3v) is 5.12. The summed E-state index contributed by atoms with van der Waals surface area (Å²) >= 11 is 6.18. The lowest BCUT2D eigenvalue weighted by molar-refractivity contribution is -0.244. The van der Waals surface area contributed by atoms with Crippen LogP contribution in [0.25, 0.3) is 0 Å². The molecule has 2 aromatic carbocycles. The first-order valence-electron chi connectivity index (χ1n) is 8.98. The molecule has 1 aliphatic heterocycles. The summed E-state index contributed by atoms with van der Waals surface area (Å²) in [6, 6.07) is 14.5. The first-order chi connectivity index (χ1) is 13.5. The molecule has 0 radical (unpaired) electrons. The molecule has 2 N–H and O–H groups in total. The highest BCUT2D eigenvalue weighted by atomic mass is 35.5. The molecule has 1 aliphatic rings. The zero-order valence-electron chi connectivity index (χ0n) is 15.1. The van der Waals surface area contributed by atoms with Crippen LogP contribution in [0, 0.1) is 5.92 Å². The van der Waals surface area contributed by atoms with E-state index < -0.39 is 30.3 Å². The number of carbonyl (C=O) groups is 2. The molecule has 1 fully saturated rings. The van der Waals surface area contributed by atoms with Crippen molar-refractivity contribution in [3.8, 4) is 0 Å². The number of hydrogen-bond donors (Lipinski definition) is 2. The quantitative estimate of drug-likeness (QED) is 0.730. The molecule has 0 saturated carbocycles. The van der Waals surface area contributed by atoms with Crippen LogP contribution in [-0.4, -0.2) is 34.9 Å². The summed E-state index contributed by atoms with van der Waals surface area (Å²) in [5, 5.41) is 19.1. The lowest BCUT2D eigenvalue weighted by atomic mass is 9.90. The number of carboxylic acids is 2. The Morgan fingerprint density at radius 2 is 1.71 bits per heavy atom. The average Bonchev–Trinajstić information content (AvgIpc) is 2.68. The molecular formula is C21H21ClO6. The van der Waals surface area contributed by atoms with Crippen LogP contribution >= 0.6 is 11.6 Å². The van der Waals surface area contributed by atoms with Crippen molar-refractivity contribution in [2.24, 2.45) is 5.92 Å². The van der Waals surface area contributed by atoms with Gasteiger partial charge in [-0.15, -0.1) is 0 Å². The number of hydrogen-bond acceptors (Lipinski definition) is 4. The molecule has 28 heavy (non-hydrogen) atoms. The van der Waals surface area contributed by atoms with Crippen molar-refractivity contribution in [2.75, 3.05) is 6.61 Å². The third kappa shape index (κ3) is 4.90. The van der Waals surface area contributed by atoms with E-state index in [1.165, 1.54) is 0 Å². The van der Waals surface area contributed by atoms with Gasteiger partial charge in [0.1, 0.15) is 0 Å². The lowest BCUT2D eigenvalue weighted by Crippen LogP contribution is -2.42. The SMILES string of the molecule is O=C(O)CCc1ccccc1C[C@H]1CO[C@@H](c2ccccc2Cl)O[C@H]1C(=O)O. The Morgan fingerprint density at radius 3 is 2.39 bits per heavy atom. The van der Waals surface area contributed by atoms with Crippen LogP contribution in [0.2, 0.25) is 5.02 Å². The van der Waals surface area contributed by atoms with Gasteiger partial charge >= 0.3 is 11.9 Å². The Hall–Kier alpha value is -2.41. The van der Waals surface area contributed by atoms with Gasteiger partial charge in [-0.3, -0.25) is 4.79 Å². The van der Waals surface area contributed by atoms with Crippen LogP contribution in [0.4, 0.5) is 0 Å². The lowest BCUT2D eigenvalue weighted by Gasteiger charge is -2.35. The second-order valence-corrected chi connectivity index (χ2v) is 7.12. The number of rotatable bonds is 7. The van der Waals surface area contributed by atoms with Gasteiger partial charge in [0, 0.05) is 22.9 Å². The summed E-state index contributed by atoms with van der Waals surface area (Å²) in [4.78, 5) is 22.7. The number of aliphatic carboxylic acids is 2. The molecule has 3 atom stereocenters. The fourth-order valence-electron chi connectivity index (χ4n) is 3.36. The molecule has 0 aliphatic carbocycles. The normalized spacial score (nSPS) is 22.0. The Labute approximate surface area is 167 Å². The maximum absolute atomic E-state index is 11.8. The topological polar surface area (TPSA) is 93.1 Å². The van der Waals surface area contributed by atoms with Crippen LogP contribution in [0.3, 0.4) is 0 Å². The van der Waals surface area contributed by atoms with Crippen molar-refractivity contribution in [1.82, 2.24) is 0 Å². The second-order valence-electron chi connectivity index (χ2n) is 6.71. The van der Waals surface area contributed by atoms with Gasteiger partial charge in [-0.25, -0.2) is 4.79 Å². The zero-order valence-corrected chi connectivity index (χ0v) is 15.8.